The number of carbonyl (C=O) groups is 1. The zero-order valence-electron chi connectivity index (χ0n) is 8.24. The lowest BCUT2D eigenvalue weighted by molar-refractivity contribution is -0.136. The van der Waals surface area contributed by atoms with Gasteiger partial charge in [0, 0.05) is 10.6 Å². The Morgan fingerprint density at radius 2 is 2.20 bits per heavy atom. The monoisotopic (exact) mass is 226 g/mol. The second-order valence-corrected chi connectivity index (χ2v) is 3.15. The highest BCUT2D eigenvalue weighted by Gasteiger charge is 2.15. The SMILES string of the molecule is CCOC(=O)C(=CO)c1ccccc1Cl. The molecule has 0 bridgehead atoms. The Balaban J connectivity index is 3.04. The average Bonchev–Trinajstić information content (AvgIpc) is 2.22. The third kappa shape index (κ3) is 2.73. The lowest BCUT2D eigenvalue weighted by Gasteiger charge is -2.06. The van der Waals surface area contributed by atoms with E-state index in [0.717, 1.165) is 0 Å². The van der Waals surface area contributed by atoms with Gasteiger partial charge in [-0.25, -0.2) is 4.79 Å². The smallest absolute Gasteiger partial charge is 0.341 e. The summed E-state index contributed by atoms with van der Waals surface area (Å²) in [6.07, 6.45) is 0.708. The molecule has 0 heterocycles. The van der Waals surface area contributed by atoms with Crippen molar-refractivity contribution >= 4 is 23.1 Å². The second kappa shape index (κ2) is 5.41. The highest BCUT2D eigenvalue weighted by Crippen LogP contribution is 2.24. The summed E-state index contributed by atoms with van der Waals surface area (Å²) in [5.74, 6) is -0.590. The fraction of sp³-hybridized carbons (Fsp3) is 0.182. The molecule has 0 atom stereocenters. The molecule has 0 aliphatic carbocycles. The lowest BCUT2D eigenvalue weighted by Crippen LogP contribution is -2.07. The number of aliphatic hydroxyl groups is 1. The summed E-state index contributed by atoms with van der Waals surface area (Å²) in [6.45, 7) is 1.94. The van der Waals surface area contributed by atoms with Gasteiger partial charge in [0.15, 0.2) is 0 Å². The van der Waals surface area contributed by atoms with E-state index in [0.29, 0.717) is 16.8 Å². The van der Waals surface area contributed by atoms with E-state index in [9.17, 15) is 4.79 Å². The van der Waals surface area contributed by atoms with Crippen molar-refractivity contribution < 1.29 is 14.6 Å². The summed E-state index contributed by atoms with van der Waals surface area (Å²) >= 11 is 5.88. The molecule has 0 radical (unpaired) electrons. The topological polar surface area (TPSA) is 46.5 Å². The molecule has 0 saturated heterocycles. The number of ether oxygens (including phenoxy) is 1. The standard InChI is InChI=1S/C11H11ClO3/c1-2-15-11(14)9(7-13)8-5-3-4-6-10(8)12/h3-7,13H,2H2,1H3. The minimum Gasteiger partial charge on any atom is -0.515 e. The van der Waals surface area contributed by atoms with Gasteiger partial charge in [-0.05, 0) is 13.0 Å². The van der Waals surface area contributed by atoms with Crippen LogP contribution in [0.3, 0.4) is 0 Å². The van der Waals surface area contributed by atoms with Crippen molar-refractivity contribution in [2.75, 3.05) is 6.61 Å². The van der Waals surface area contributed by atoms with Gasteiger partial charge in [0.1, 0.15) is 5.57 Å². The van der Waals surface area contributed by atoms with E-state index in [1.165, 1.54) is 0 Å². The van der Waals surface area contributed by atoms with Crippen LogP contribution in [0.4, 0.5) is 0 Å². The fourth-order valence-electron chi connectivity index (χ4n) is 1.12. The first-order chi connectivity index (χ1) is 7.20. The number of benzene rings is 1. The highest BCUT2D eigenvalue weighted by molar-refractivity contribution is 6.34. The number of hydrogen-bond acceptors (Lipinski definition) is 3. The Labute approximate surface area is 92.9 Å². The van der Waals surface area contributed by atoms with Gasteiger partial charge in [-0.3, -0.25) is 0 Å². The molecule has 80 valence electrons. The average molecular weight is 227 g/mol. The van der Waals surface area contributed by atoms with Gasteiger partial charge in [0.2, 0.25) is 0 Å². The summed E-state index contributed by atoms with van der Waals surface area (Å²) in [5.41, 5.74) is 0.516. The first-order valence-corrected chi connectivity index (χ1v) is 4.85. The predicted octanol–water partition coefficient (Wildman–Crippen LogP) is 2.80. The summed E-state index contributed by atoms with van der Waals surface area (Å²) < 4.78 is 4.78. The Morgan fingerprint density at radius 1 is 1.53 bits per heavy atom. The molecular weight excluding hydrogens is 216 g/mol. The molecule has 0 aromatic heterocycles. The van der Waals surface area contributed by atoms with Gasteiger partial charge in [-0.1, -0.05) is 29.8 Å². The molecule has 15 heavy (non-hydrogen) atoms. The first-order valence-electron chi connectivity index (χ1n) is 4.47. The summed E-state index contributed by atoms with van der Waals surface area (Å²) in [4.78, 5) is 11.4. The number of esters is 1. The van der Waals surface area contributed by atoms with Crippen LogP contribution in [0.5, 0.6) is 0 Å². The number of halogens is 1. The third-order valence-electron chi connectivity index (χ3n) is 1.79. The second-order valence-electron chi connectivity index (χ2n) is 2.74. The summed E-state index contributed by atoms with van der Waals surface area (Å²) in [7, 11) is 0. The quantitative estimate of drug-likeness (QED) is 0.490. The number of carbonyl (C=O) groups excluding carboxylic acids is 1. The normalized spacial score (nSPS) is 11.2. The van der Waals surface area contributed by atoms with Crippen molar-refractivity contribution in [3.05, 3.63) is 41.1 Å². The number of rotatable bonds is 3. The molecule has 3 nitrogen and oxygen atoms in total. The van der Waals surface area contributed by atoms with Crippen LogP contribution < -0.4 is 0 Å². The molecule has 0 fully saturated rings. The maximum absolute atomic E-state index is 11.4. The van der Waals surface area contributed by atoms with Gasteiger partial charge in [-0.15, -0.1) is 0 Å². The zero-order valence-corrected chi connectivity index (χ0v) is 8.99. The van der Waals surface area contributed by atoms with Crippen molar-refractivity contribution in [2.24, 2.45) is 0 Å². The fourth-order valence-corrected chi connectivity index (χ4v) is 1.36. The van der Waals surface area contributed by atoms with Gasteiger partial charge >= 0.3 is 5.97 Å². The van der Waals surface area contributed by atoms with Crippen LogP contribution in [0.25, 0.3) is 5.57 Å². The van der Waals surface area contributed by atoms with Crippen LogP contribution >= 0.6 is 11.6 Å². The van der Waals surface area contributed by atoms with E-state index in [1.54, 1.807) is 31.2 Å². The minimum atomic E-state index is -0.590. The zero-order chi connectivity index (χ0) is 11.3. The molecule has 0 saturated carbocycles. The van der Waals surface area contributed by atoms with Crippen LogP contribution in [-0.4, -0.2) is 17.7 Å². The highest BCUT2D eigenvalue weighted by atomic mass is 35.5. The Morgan fingerprint density at radius 3 is 2.73 bits per heavy atom. The van der Waals surface area contributed by atoms with Crippen molar-refractivity contribution in [1.29, 1.82) is 0 Å². The Bertz CT molecular complexity index is 385. The van der Waals surface area contributed by atoms with Crippen LogP contribution in [-0.2, 0) is 9.53 Å². The maximum Gasteiger partial charge on any atom is 0.341 e. The lowest BCUT2D eigenvalue weighted by atomic mass is 10.1. The van der Waals surface area contributed by atoms with E-state index in [2.05, 4.69) is 0 Å². The van der Waals surface area contributed by atoms with Crippen LogP contribution in [0, 0.1) is 0 Å². The van der Waals surface area contributed by atoms with Gasteiger partial charge in [-0.2, -0.15) is 0 Å². The molecule has 0 amide bonds. The molecule has 0 aliphatic heterocycles. The van der Waals surface area contributed by atoms with Gasteiger partial charge in [0.05, 0.1) is 12.9 Å². The first kappa shape index (κ1) is 11.6. The maximum atomic E-state index is 11.4. The van der Waals surface area contributed by atoms with Crippen LogP contribution in [0.15, 0.2) is 30.5 Å². The molecule has 0 aliphatic rings. The minimum absolute atomic E-state index is 0.0578. The van der Waals surface area contributed by atoms with E-state index < -0.39 is 5.97 Å². The van der Waals surface area contributed by atoms with E-state index in [1.807, 2.05) is 0 Å². The van der Waals surface area contributed by atoms with E-state index in [4.69, 9.17) is 21.4 Å². The van der Waals surface area contributed by atoms with Gasteiger partial charge in [0.25, 0.3) is 0 Å². The van der Waals surface area contributed by atoms with Crippen molar-refractivity contribution in [2.45, 2.75) is 6.92 Å². The van der Waals surface area contributed by atoms with Crippen LogP contribution in [0.1, 0.15) is 12.5 Å². The summed E-state index contributed by atoms with van der Waals surface area (Å²) in [5, 5.41) is 9.37. The molecule has 0 spiro atoms. The van der Waals surface area contributed by atoms with Gasteiger partial charge < -0.3 is 9.84 Å². The number of hydrogen-bond donors (Lipinski definition) is 1. The number of aliphatic hydroxyl groups excluding tert-OH is 1. The van der Waals surface area contributed by atoms with E-state index >= 15 is 0 Å². The molecule has 1 aromatic carbocycles. The Kier molecular flexibility index (Phi) is 4.18. The molecule has 1 aromatic rings. The summed E-state index contributed by atoms with van der Waals surface area (Å²) in [6, 6.07) is 6.75. The Hall–Kier alpha value is -1.48. The molecular formula is C11H11ClO3. The van der Waals surface area contributed by atoms with Crippen molar-refractivity contribution in [3.8, 4) is 0 Å². The predicted molar refractivity (Wildman–Crippen MR) is 58.7 cm³/mol. The van der Waals surface area contributed by atoms with E-state index in [-0.39, 0.29) is 12.2 Å². The van der Waals surface area contributed by atoms with Crippen LogP contribution in [0.2, 0.25) is 5.02 Å². The molecule has 4 heteroatoms. The molecule has 1 rings (SSSR count). The molecule has 0 unspecified atom stereocenters. The van der Waals surface area contributed by atoms with Crippen molar-refractivity contribution in [1.82, 2.24) is 0 Å². The molecule has 1 N–H and O–H groups in total. The largest absolute Gasteiger partial charge is 0.515 e. The third-order valence-corrected chi connectivity index (χ3v) is 2.12. The van der Waals surface area contributed by atoms with Crippen molar-refractivity contribution in [3.63, 3.8) is 0 Å².